The van der Waals surface area contributed by atoms with Gasteiger partial charge in [-0.1, -0.05) is 340 Å². The lowest BCUT2D eigenvalue weighted by Crippen LogP contribution is -2.61. The predicted octanol–water partition coefficient (Wildman–Crippen LogP) is 28.2. The molecular weight excluding hydrogens is 1400 g/mol. The van der Waals surface area contributed by atoms with Gasteiger partial charge in [-0.05, 0) is 178 Å². The molecule has 0 amide bonds. The first kappa shape index (κ1) is 63.7. The van der Waals surface area contributed by atoms with Crippen molar-refractivity contribution in [2.24, 2.45) is 0 Å². The summed E-state index contributed by atoms with van der Waals surface area (Å²) in [5.41, 5.74) is 28.4. The number of benzene rings is 15. The van der Waals surface area contributed by atoms with Crippen molar-refractivity contribution in [2.45, 2.75) is 131 Å². The number of para-hydroxylation sites is 7. The van der Waals surface area contributed by atoms with E-state index in [0.717, 1.165) is 156 Å². The van der Waals surface area contributed by atoms with Gasteiger partial charge in [0.1, 0.15) is 0 Å². The summed E-state index contributed by atoms with van der Waals surface area (Å²) in [5, 5.41) is 4.55. The van der Waals surface area contributed by atoms with E-state index in [0.29, 0.717) is 5.69 Å². The Hall–Kier alpha value is -12.6. The van der Waals surface area contributed by atoms with Crippen molar-refractivity contribution in [1.82, 2.24) is 13.7 Å². The largest absolute Gasteiger partial charge is 0.310 e. The molecule has 2 aliphatic heterocycles. The van der Waals surface area contributed by atoms with Crippen molar-refractivity contribution in [3.05, 3.63) is 349 Å². The molecule has 18 aromatic rings. The third kappa shape index (κ3) is 11.7. The first-order chi connectivity index (χ1) is 59.0. The highest BCUT2D eigenvalue weighted by Gasteiger charge is 2.47. The van der Waals surface area contributed by atoms with Crippen LogP contribution in [-0.2, 0) is 27.1 Å². The van der Waals surface area contributed by atoms with E-state index in [2.05, 4.69) is 390 Å². The quantitative estimate of drug-likeness (QED) is 0.134. The van der Waals surface area contributed by atoms with Crippen LogP contribution in [0.3, 0.4) is 0 Å². The van der Waals surface area contributed by atoms with Gasteiger partial charge in [-0.3, -0.25) is 0 Å². The lowest BCUT2D eigenvalue weighted by atomic mass is 9.33. The molecule has 0 aliphatic carbocycles. The normalized spacial score (nSPS) is 14.2. The number of nitrogens with zero attached hydrogens (tertiary/aromatic N) is 5. The Morgan fingerprint density at radius 2 is 0.569 bits per heavy atom. The predicted molar refractivity (Wildman–Crippen MR) is 499 cm³/mol. The molecule has 3 aromatic heterocycles. The lowest BCUT2D eigenvalue weighted by molar-refractivity contribution is 0.590. The molecule has 15 aromatic carbocycles. The molecule has 0 radical (unpaired) electrons. The highest BCUT2D eigenvalue weighted by atomic mass is 15.2. The van der Waals surface area contributed by atoms with Gasteiger partial charge in [0, 0.05) is 94.4 Å². The molecule has 6 heteroatoms. The molecule has 0 fully saturated rings. The molecule has 566 valence electrons. The molecule has 0 spiro atoms. The van der Waals surface area contributed by atoms with Gasteiger partial charge in [-0.2, -0.15) is 0 Å². The number of hydrogen-bond acceptors (Lipinski definition) is 2. The fourth-order valence-corrected chi connectivity index (χ4v) is 18.5. The molecule has 0 saturated carbocycles. The molecule has 116 heavy (non-hydrogen) atoms. The van der Waals surface area contributed by atoms with Crippen molar-refractivity contribution in [2.75, 3.05) is 9.80 Å². The van der Waals surface area contributed by atoms with E-state index in [1.165, 1.54) is 22.3 Å². The lowest BCUT2D eigenvalue weighted by Gasteiger charge is -2.46. The monoisotopic (exact) mass is 1510 g/mol. The summed E-state index contributed by atoms with van der Waals surface area (Å²) in [7, 11) is 0. The van der Waals surface area contributed by atoms with Gasteiger partial charge < -0.3 is 23.5 Å². The van der Waals surface area contributed by atoms with Crippen LogP contribution in [0.4, 0.5) is 34.1 Å². The van der Waals surface area contributed by atoms with E-state index >= 15 is 0 Å². The molecule has 0 atom stereocenters. The van der Waals surface area contributed by atoms with E-state index in [9.17, 15) is 11.0 Å². The van der Waals surface area contributed by atoms with Crippen LogP contribution in [0.1, 0.15) is 143 Å². The molecule has 0 bridgehead atoms. The zero-order valence-corrected chi connectivity index (χ0v) is 68.8. The van der Waals surface area contributed by atoms with Crippen molar-refractivity contribution >= 4 is 123 Å². The smallest absolute Gasteiger partial charge is 0.252 e. The van der Waals surface area contributed by atoms with Crippen LogP contribution in [0.2, 0.25) is 0 Å². The van der Waals surface area contributed by atoms with E-state index in [4.69, 9.17) is 0 Å². The number of aromatic nitrogens is 3. The maximum atomic E-state index is 9.98. The molecule has 0 saturated heterocycles. The highest BCUT2D eigenvalue weighted by Crippen LogP contribution is 2.55. The maximum absolute atomic E-state index is 9.98. The minimum atomic E-state index is -0.533. The fourth-order valence-electron chi connectivity index (χ4n) is 18.5. The van der Waals surface area contributed by atoms with Gasteiger partial charge in [0.25, 0.3) is 6.71 Å². The Bertz CT molecular complexity index is 7280. The molecule has 5 heterocycles. The SMILES string of the molecule is [2H]c1c([2H])c([2H])c2c(c1[2H])c1c([2H])c([2H])c([2H])c([2H])c1n2-c1ccc2c(c1)N(c1c(-c3ccc(C(C)(C)C)cc3)cccc1-c1ccc(C(C)(C)C)cc1)c1cc(C(C)(C)C)cc3c1B2c1ccc(-n2c4ccccc4c4cc5c(cc42)c2ccccc2n5-c2ccccc2)cc1N3c1c(-c2ccc(C(C)(C)C)cc2)cccc1-c1ccc(C(C)(C)C)cc1. The molecule has 0 unspecified atom stereocenters. The van der Waals surface area contributed by atoms with Crippen molar-refractivity contribution in [1.29, 1.82) is 0 Å². The van der Waals surface area contributed by atoms with E-state index in [-0.39, 0.29) is 55.6 Å². The minimum absolute atomic E-state index is 0.0103. The summed E-state index contributed by atoms with van der Waals surface area (Å²) in [6.07, 6.45) is 0. The molecule has 20 rings (SSSR count). The zero-order valence-electron chi connectivity index (χ0n) is 76.8. The summed E-state index contributed by atoms with van der Waals surface area (Å²) in [6, 6.07) is 98.0. The average Bonchev–Trinajstić information content (AvgIpc) is 1.46. The van der Waals surface area contributed by atoms with Gasteiger partial charge in [-0.25, -0.2) is 0 Å². The second kappa shape index (κ2) is 26.5. The standard InChI is InChI=1S/C110H98BN5/c1-106(2,3)73-51-43-69(44-52-73)81-35-27-36-82(70-45-53-74(54-46-70)107(4,5)6)104(81)115-99-65-79(113-93-39-23-19-31-85(93)86-32-20-24-40-94(86)113)59-61-91(99)111-92-62-60-80(114-96-42-26-22-34-88(96)90-67-97-89(68-98(90)114)87-33-21-25-41-95(87)112(97)78-29-17-16-18-30-78)66-100(92)116(102-64-77(110(13,14)15)63-101(115)103(102)111)105-83(71-47-55-75(56-48-71)108(7,8)9)37-28-38-84(105)72-49-57-76(58-50-72)109(10,11)12/h16-68H,1-15H3/i19D,20D,23D,24D,31D,32D,39D,40D. The second-order valence-electron chi connectivity index (χ2n) is 37.2. The molecule has 2 aliphatic rings. The summed E-state index contributed by atoms with van der Waals surface area (Å²) in [6.45, 7) is 33.5. The summed E-state index contributed by atoms with van der Waals surface area (Å²) in [5.74, 6) is 0. The first-order valence-corrected chi connectivity index (χ1v) is 40.8. The van der Waals surface area contributed by atoms with E-state index in [1.54, 1.807) is 4.57 Å². The van der Waals surface area contributed by atoms with Gasteiger partial charge >= 0.3 is 0 Å². The van der Waals surface area contributed by atoms with E-state index in [1.807, 2.05) is 6.07 Å². The minimum Gasteiger partial charge on any atom is -0.310 e. The van der Waals surface area contributed by atoms with Crippen molar-refractivity contribution in [3.8, 4) is 61.6 Å². The second-order valence-corrected chi connectivity index (χ2v) is 37.2. The van der Waals surface area contributed by atoms with Gasteiger partial charge in [-0.15, -0.1) is 0 Å². The zero-order chi connectivity index (χ0) is 86.8. The van der Waals surface area contributed by atoms with Crippen LogP contribution in [0.25, 0.3) is 127 Å². The highest BCUT2D eigenvalue weighted by molar-refractivity contribution is 7.00. The average molecular weight is 1510 g/mol. The number of hydrogen-bond donors (Lipinski definition) is 0. The molecular formula is C110H98BN5. The number of anilines is 6. The summed E-state index contributed by atoms with van der Waals surface area (Å²) < 4.78 is 83.1. The van der Waals surface area contributed by atoms with Crippen LogP contribution < -0.4 is 26.2 Å². The van der Waals surface area contributed by atoms with Crippen LogP contribution in [-0.4, -0.2) is 20.4 Å². The van der Waals surface area contributed by atoms with E-state index < -0.39 is 48.4 Å². The summed E-state index contributed by atoms with van der Waals surface area (Å²) >= 11 is 0. The maximum Gasteiger partial charge on any atom is 0.252 e. The summed E-state index contributed by atoms with van der Waals surface area (Å²) in [4.78, 5) is 5.11. The van der Waals surface area contributed by atoms with Crippen LogP contribution in [0, 0.1) is 0 Å². The Morgan fingerprint density at radius 1 is 0.241 bits per heavy atom. The molecule has 0 N–H and O–H groups in total. The number of fused-ring (bicyclic) bond motifs is 13. The Morgan fingerprint density at radius 3 is 0.931 bits per heavy atom. The van der Waals surface area contributed by atoms with Crippen molar-refractivity contribution < 1.29 is 11.0 Å². The topological polar surface area (TPSA) is 21.3 Å². The fraction of sp³-hybridized carbons (Fsp3) is 0.182. The third-order valence-electron chi connectivity index (χ3n) is 24.7. The van der Waals surface area contributed by atoms with Gasteiger partial charge in [0.15, 0.2) is 0 Å². The molecule has 5 nitrogen and oxygen atoms in total. The van der Waals surface area contributed by atoms with Crippen LogP contribution in [0.5, 0.6) is 0 Å². The first-order valence-electron chi connectivity index (χ1n) is 44.8. The Kier molecular flexibility index (Phi) is 14.5. The Balaban J connectivity index is 0.965. The third-order valence-corrected chi connectivity index (χ3v) is 24.7. The number of rotatable bonds is 9. The Labute approximate surface area is 694 Å². The van der Waals surface area contributed by atoms with Crippen molar-refractivity contribution in [3.63, 3.8) is 0 Å². The van der Waals surface area contributed by atoms with Gasteiger partial charge in [0.2, 0.25) is 0 Å². The van der Waals surface area contributed by atoms with Crippen LogP contribution >= 0.6 is 0 Å². The van der Waals surface area contributed by atoms with Gasteiger partial charge in [0.05, 0.1) is 55.4 Å². The van der Waals surface area contributed by atoms with Crippen LogP contribution in [0.15, 0.2) is 321 Å².